The molecule has 21 heavy (non-hydrogen) atoms. The van der Waals surface area contributed by atoms with Crippen LogP contribution in [0.5, 0.6) is 0 Å². The summed E-state index contributed by atoms with van der Waals surface area (Å²) >= 11 is 0. The molecule has 1 spiro atoms. The number of hydrogen-bond donors (Lipinski definition) is 1. The van der Waals surface area contributed by atoms with E-state index in [1.165, 1.54) is 31.4 Å². The van der Waals surface area contributed by atoms with Crippen molar-refractivity contribution in [2.75, 3.05) is 6.61 Å². The number of rotatable bonds is 3. The van der Waals surface area contributed by atoms with Gasteiger partial charge in [0.15, 0.2) is 0 Å². The highest BCUT2D eigenvalue weighted by molar-refractivity contribution is 5.17. The van der Waals surface area contributed by atoms with E-state index >= 15 is 0 Å². The van der Waals surface area contributed by atoms with Crippen LogP contribution in [-0.2, 0) is 11.2 Å². The van der Waals surface area contributed by atoms with Gasteiger partial charge in [-0.05, 0) is 55.7 Å². The molecule has 2 aliphatic rings. The first-order valence-corrected chi connectivity index (χ1v) is 8.23. The van der Waals surface area contributed by atoms with E-state index in [9.17, 15) is 9.50 Å². The molecule has 2 fully saturated rings. The van der Waals surface area contributed by atoms with Crippen molar-refractivity contribution >= 4 is 0 Å². The van der Waals surface area contributed by atoms with Gasteiger partial charge in [0.1, 0.15) is 5.82 Å². The van der Waals surface area contributed by atoms with Crippen molar-refractivity contribution in [2.45, 2.75) is 63.1 Å². The Bertz CT molecular complexity index is 463. The van der Waals surface area contributed by atoms with E-state index < -0.39 is 6.10 Å². The predicted molar refractivity (Wildman–Crippen MR) is 80.6 cm³/mol. The largest absolute Gasteiger partial charge is 0.392 e. The molecule has 2 nitrogen and oxygen atoms in total. The van der Waals surface area contributed by atoms with E-state index in [-0.39, 0.29) is 17.3 Å². The highest BCUT2D eigenvalue weighted by Crippen LogP contribution is 2.41. The van der Waals surface area contributed by atoms with E-state index in [0.717, 1.165) is 37.9 Å². The molecule has 1 aromatic rings. The Morgan fingerprint density at radius 1 is 1.29 bits per heavy atom. The summed E-state index contributed by atoms with van der Waals surface area (Å²) in [4.78, 5) is 0. The SMILES string of the molecule is OC(Cc1cccc(F)c1)C1CCOC2(CCCCC2)C1. The zero-order valence-electron chi connectivity index (χ0n) is 12.6. The fraction of sp³-hybridized carbons (Fsp3) is 0.667. The molecule has 116 valence electrons. The third-order valence-corrected chi connectivity index (χ3v) is 5.17. The summed E-state index contributed by atoms with van der Waals surface area (Å²) in [5, 5.41) is 10.6. The smallest absolute Gasteiger partial charge is 0.123 e. The van der Waals surface area contributed by atoms with Crippen molar-refractivity contribution in [2.24, 2.45) is 5.92 Å². The Kier molecular flexibility index (Phi) is 4.60. The van der Waals surface area contributed by atoms with E-state index in [2.05, 4.69) is 0 Å². The van der Waals surface area contributed by atoms with Crippen molar-refractivity contribution in [1.82, 2.24) is 0 Å². The quantitative estimate of drug-likeness (QED) is 0.916. The minimum atomic E-state index is -0.394. The van der Waals surface area contributed by atoms with Crippen molar-refractivity contribution in [3.05, 3.63) is 35.6 Å². The van der Waals surface area contributed by atoms with Gasteiger partial charge in [-0.15, -0.1) is 0 Å². The second-order valence-electron chi connectivity index (χ2n) is 6.75. The monoisotopic (exact) mass is 292 g/mol. The van der Waals surface area contributed by atoms with Crippen LogP contribution in [0.3, 0.4) is 0 Å². The molecule has 0 amide bonds. The van der Waals surface area contributed by atoms with Crippen LogP contribution in [-0.4, -0.2) is 23.4 Å². The lowest BCUT2D eigenvalue weighted by Crippen LogP contribution is -2.44. The topological polar surface area (TPSA) is 29.5 Å². The summed E-state index contributed by atoms with van der Waals surface area (Å²) in [6.07, 6.45) is 8.09. The number of halogens is 1. The molecule has 1 saturated heterocycles. The minimum absolute atomic E-state index is 0.0179. The number of benzene rings is 1. The van der Waals surface area contributed by atoms with Crippen LogP contribution in [0.4, 0.5) is 4.39 Å². The van der Waals surface area contributed by atoms with E-state index in [0.29, 0.717) is 6.42 Å². The van der Waals surface area contributed by atoms with E-state index in [1.807, 2.05) is 6.07 Å². The fourth-order valence-electron chi connectivity index (χ4n) is 4.01. The van der Waals surface area contributed by atoms with Crippen LogP contribution in [0.1, 0.15) is 50.5 Å². The Hall–Kier alpha value is -0.930. The maximum absolute atomic E-state index is 13.2. The summed E-state index contributed by atoms with van der Waals surface area (Å²) in [5.41, 5.74) is 0.899. The molecule has 0 bridgehead atoms. The third-order valence-electron chi connectivity index (χ3n) is 5.17. The van der Waals surface area contributed by atoms with Crippen molar-refractivity contribution in [1.29, 1.82) is 0 Å². The van der Waals surface area contributed by atoms with Gasteiger partial charge in [-0.3, -0.25) is 0 Å². The van der Waals surface area contributed by atoms with Gasteiger partial charge in [0.2, 0.25) is 0 Å². The van der Waals surface area contributed by atoms with Crippen LogP contribution >= 0.6 is 0 Å². The Morgan fingerprint density at radius 3 is 2.86 bits per heavy atom. The number of aliphatic hydroxyl groups is 1. The average Bonchev–Trinajstić information content (AvgIpc) is 2.48. The lowest BCUT2D eigenvalue weighted by atomic mass is 9.74. The summed E-state index contributed by atoms with van der Waals surface area (Å²) in [6, 6.07) is 6.58. The fourth-order valence-corrected chi connectivity index (χ4v) is 4.01. The molecule has 0 aromatic heterocycles. The van der Waals surface area contributed by atoms with E-state index in [4.69, 9.17) is 4.74 Å². The first-order valence-electron chi connectivity index (χ1n) is 8.23. The summed E-state index contributed by atoms with van der Waals surface area (Å²) in [6.45, 7) is 0.755. The highest BCUT2D eigenvalue weighted by Gasteiger charge is 2.40. The van der Waals surface area contributed by atoms with Crippen LogP contribution in [0.25, 0.3) is 0 Å². The average molecular weight is 292 g/mol. The molecule has 3 heteroatoms. The highest BCUT2D eigenvalue weighted by atomic mass is 19.1. The molecule has 3 rings (SSSR count). The van der Waals surface area contributed by atoms with Crippen molar-refractivity contribution in [3.63, 3.8) is 0 Å². The molecular formula is C18H25FO2. The number of ether oxygens (including phenoxy) is 1. The standard InChI is InChI=1S/C18H25FO2/c19-16-6-4-5-14(11-16)12-17(20)15-7-10-21-18(13-15)8-2-1-3-9-18/h4-6,11,15,17,20H,1-3,7-10,12-13H2. The van der Waals surface area contributed by atoms with Crippen LogP contribution in [0, 0.1) is 11.7 Å². The molecule has 1 aromatic carbocycles. The van der Waals surface area contributed by atoms with Gasteiger partial charge >= 0.3 is 0 Å². The van der Waals surface area contributed by atoms with Gasteiger partial charge in [-0.25, -0.2) is 4.39 Å². The zero-order valence-corrected chi connectivity index (χ0v) is 12.6. The Balaban J connectivity index is 1.62. The second-order valence-corrected chi connectivity index (χ2v) is 6.75. The lowest BCUT2D eigenvalue weighted by Gasteiger charge is -2.44. The number of aliphatic hydroxyl groups excluding tert-OH is 1. The van der Waals surface area contributed by atoms with Gasteiger partial charge < -0.3 is 9.84 Å². The molecule has 1 heterocycles. The first kappa shape index (κ1) is 15.0. The molecule has 2 unspecified atom stereocenters. The Labute approximate surface area is 126 Å². The first-order chi connectivity index (χ1) is 10.2. The minimum Gasteiger partial charge on any atom is -0.392 e. The van der Waals surface area contributed by atoms with Gasteiger partial charge in [-0.2, -0.15) is 0 Å². The summed E-state index contributed by atoms with van der Waals surface area (Å²) in [5.74, 6) is 0.0514. The van der Waals surface area contributed by atoms with Gasteiger partial charge in [0.05, 0.1) is 11.7 Å². The third kappa shape index (κ3) is 3.64. The molecule has 0 radical (unpaired) electrons. The molecule has 1 aliphatic carbocycles. The van der Waals surface area contributed by atoms with Gasteiger partial charge in [-0.1, -0.05) is 31.4 Å². The van der Waals surface area contributed by atoms with Crippen LogP contribution in [0.2, 0.25) is 0 Å². The molecule has 2 atom stereocenters. The lowest BCUT2D eigenvalue weighted by molar-refractivity contribution is -0.133. The molecule has 1 N–H and O–H groups in total. The van der Waals surface area contributed by atoms with Crippen molar-refractivity contribution in [3.8, 4) is 0 Å². The van der Waals surface area contributed by atoms with E-state index in [1.54, 1.807) is 6.07 Å². The maximum atomic E-state index is 13.2. The van der Waals surface area contributed by atoms with Gasteiger partial charge in [0, 0.05) is 6.61 Å². The maximum Gasteiger partial charge on any atom is 0.123 e. The van der Waals surface area contributed by atoms with Gasteiger partial charge in [0.25, 0.3) is 0 Å². The zero-order chi connectivity index (χ0) is 14.7. The molecule has 1 saturated carbocycles. The van der Waals surface area contributed by atoms with Crippen LogP contribution in [0.15, 0.2) is 24.3 Å². The predicted octanol–water partition coefficient (Wildman–Crippen LogP) is 3.86. The normalized spacial score (nSPS) is 26.7. The summed E-state index contributed by atoms with van der Waals surface area (Å²) < 4.78 is 19.3. The second kappa shape index (κ2) is 6.45. The molecule has 1 aliphatic heterocycles. The van der Waals surface area contributed by atoms with Crippen molar-refractivity contribution < 1.29 is 14.2 Å². The Morgan fingerprint density at radius 2 is 2.10 bits per heavy atom. The summed E-state index contributed by atoms with van der Waals surface area (Å²) in [7, 11) is 0. The van der Waals surface area contributed by atoms with Crippen LogP contribution < -0.4 is 0 Å². The number of hydrogen-bond acceptors (Lipinski definition) is 2. The molecular weight excluding hydrogens is 267 g/mol.